The molecule has 1 aromatic heterocycles. The van der Waals surface area contributed by atoms with Gasteiger partial charge in [0.2, 0.25) is 5.69 Å². The van der Waals surface area contributed by atoms with Crippen LogP contribution < -0.4 is 5.56 Å². The number of carboxylic acids is 1. The van der Waals surface area contributed by atoms with Crippen molar-refractivity contribution in [3.63, 3.8) is 0 Å². The number of halogens is 1. The van der Waals surface area contributed by atoms with Gasteiger partial charge in [-0.1, -0.05) is 23.7 Å². The molecule has 3 rings (SSSR count). The lowest BCUT2D eigenvalue weighted by Crippen LogP contribution is -2.19. The molecular weight excluding hydrogens is 338 g/mol. The summed E-state index contributed by atoms with van der Waals surface area (Å²) in [7, 11) is 0. The van der Waals surface area contributed by atoms with Gasteiger partial charge in [0.15, 0.2) is 0 Å². The van der Waals surface area contributed by atoms with E-state index in [-0.39, 0.29) is 22.3 Å². The summed E-state index contributed by atoms with van der Waals surface area (Å²) >= 11 is 5.92. The number of H-pyrrole nitrogens is 1. The van der Waals surface area contributed by atoms with E-state index in [1.54, 1.807) is 24.3 Å². The van der Waals surface area contributed by atoms with Crippen LogP contribution in [-0.2, 0) is 0 Å². The van der Waals surface area contributed by atoms with E-state index in [0.717, 1.165) is 6.07 Å². The van der Waals surface area contributed by atoms with Gasteiger partial charge < -0.3 is 10.1 Å². The first kappa shape index (κ1) is 15.6. The smallest absolute Gasteiger partial charge is 0.360 e. The summed E-state index contributed by atoms with van der Waals surface area (Å²) in [5.74, 6) is -1.49. The summed E-state index contributed by atoms with van der Waals surface area (Å²) in [6, 6.07) is 8.92. The number of carbonyl (C=O) groups is 1. The Bertz CT molecular complexity index is 1060. The summed E-state index contributed by atoms with van der Waals surface area (Å²) < 4.78 is 0. The summed E-state index contributed by atoms with van der Waals surface area (Å²) in [5, 5.41) is 20.7. The monoisotopic (exact) mass is 345 g/mol. The second kappa shape index (κ2) is 5.74. The number of nitro benzene ring substituents is 1. The molecule has 0 atom stereocenters. The average Bonchev–Trinajstić information content (AvgIpc) is 2.52. The van der Waals surface area contributed by atoms with Crippen molar-refractivity contribution < 1.29 is 14.8 Å². The number of carboxylic acid groups (broad SMARTS) is 1. The minimum Gasteiger partial charge on any atom is -0.476 e. The van der Waals surface area contributed by atoms with Gasteiger partial charge in [-0.25, -0.2) is 9.78 Å². The van der Waals surface area contributed by atoms with Crippen molar-refractivity contribution in [2.24, 2.45) is 0 Å². The molecular formula is C15H8ClN3O5. The third kappa shape index (κ3) is 2.70. The summed E-state index contributed by atoms with van der Waals surface area (Å²) in [6.07, 6.45) is 0. The lowest BCUT2D eigenvalue weighted by molar-refractivity contribution is -0.384. The molecule has 0 saturated carbocycles. The molecule has 0 amide bonds. The molecule has 0 spiro atoms. The van der Waals surface area contributed by atoms with Crippen LogP contribution in [0.4, 0.5) is 5.69 Å². The highest BCUT2D eigenvalue weighted by molar-refractivity contribution is 6.30. The molecule has 24 heavy (non-hydrogen) atoms. The normalized spacial score (nSPS) is 10.7. The molecule has 0 bridgehead atoms. The molecule has 0 unspecified atom stereocenters. The van der Waals surface area contributed by atoms with Crippen LogP contribution in [0.15, 0.2) is 41.2 Å². The molecule has 0 saturated heterocycles. The standard InChI is InChI=1S/C15H8ClN3O5/c16-8-3-1-2-7(4-8)9-5-10-11(6-12(9)19(23)24)18-14(20)13(17-10)15(21)22/h1-6H,(H,18,20)(H,21,22). The summed E-state index contributed by atoms with van der Waals surface area (Å²) in [5.41, 5.74) is -1.000. The molecule has 8 nitrogen and oxygen atoms in total. The van der Waals surface area contributed by atoms with Crippen LogP contribution in [-0.4, -0.2) is 26.0 Å². The number of aromatic carboxylic acids is 1. The molecule has 9 heteroatoms. The predicted molar refractivity (Wildman–Crippen MR) is 86.4 cm³/mol. The Morgan fingerprint density at radius 2 is 2.04 bits per heavy atom. The van der Waals surface area contributed by atoms with Crippen LogP contribution in [0.5, 0.6) is 0 Å². The Hall–Kier alpha value is -3.26. The number of hydrogen-bond acceptors (Lipinski definition) is 5. The molecule has 3 aromatic rings. The Morgan fingerprint density at radius 1 is 1.29 bits per heavy atom. The number of aromatic nitrogens is 2. The molecule has 1 heterocycles. The fourth-order valence-corrected chi connectivity index (χ4v) is 2.50. The number of nitro groups is 1. The van der Waals surface area contributed by atoms with E-state index in [0.29, 0.717) is 10.6 Å². The third-order valence-corrected chi connectivity index (χ3v) is 3.58. The predicted octanol–water partition coefficient (Wildman–Crippen LogP) is 2.85. The highest BCUT2D eigenvalue weighted by Crippen LogP contribution is 2.33. The zero-order valence-electron chi connectivity index (χ0n) is 11.8. The maximum absolute atomic E-state index is 11.7. The van der Waals surface area contributed by atoms with E-state index < -0.39 is 22.1 Å². The second-order valence-electron chi connectivity index (χ2n) is 4.87. The van der Waals surface area contributed by atoms with Gasteiger partial charge in [-0.3, -0.25) is 14.9 Å². The van der Waals surface area contributed by atoms with Crippen molar-refractivity contribution >= 4 is 34.3 Å². The van der Waals surface area contributed by atoms with Crippen molar-refractivity contribution in [1.82, 2.24) is 9.97 Å². The summed E-state index contributed by atoms with van der Waals surface area (Å²) in [4.78, 5) is 39.5. The zero-order chi connectivity index (χ0) is 17.4. The van der Waals surface area contributed by atoms with Crippen LogP contribution in [0.2, 0.25) is 5.02 Å². The van der Waals surface area contributed by atoms with Gasteiger partial charge in [-0.15, -0.1) is 0 Å². The molecule has 2 N–H and O–H groups in total. The van der Waals surface area contributed by atoms with Crippen molar-refractivity contribution in [3.05, 3.63) is 67.6 Å². The van der Waals surface area contributed by atoms with Crippen LogP contribution in [0.25, 0.3) is 22.2 Å². The van der Waals surface area contributed by atoms with Gasteiger partial charge in [0.1, 0.15) is 0 Å². The molecule has 2 aromatic carbocycles. The van der Waals surface area contributed by atoms with E-state index in [1.807, 2.05) is 0 Å². The van der Waals surface area contributed by atoms with Gasteiger partial charge in [0.25, 0.3) is 11.2 Å². The fourth-order valence-electron chi connectivity index (χ4n) is 2.31. The van der Waals surface area contributed by atoms with Crippen molar-refractivity contribution in [3.8, 4) is 11.1 Å². The quantitative estimate of drug-likeness (QED) is 0.555. The topological polar surface area (TPSA) is 126 Å². The highest BCUT2D eigenvalue weighted by Gasteiger charge is 2.20. The van der Waals surface area contributed by atoms with Crippen LogP contribution in [0, 0.1) is 10.1 Å². The van der Waals surface area contributed by atoms with Gasteiger partial charge in [-0.05, 0) is 23.8 Å². The number of fused-ring (bicyclic) bond motifs is 1. The fraction of sp³-hybridized carbons (Fsp3) is 0. The Morgan fingerprint density at radius 3 is 2.67 bits per heavy atom. The maximum atomic E-state index is 11.7. The van der Waals surface area contributed by atoms with Crippen LogP contribution >= 0.6 is 11.6 Å². The molecule has 0 aliphatic rings. The number of aromatic amines is 1. The first-order chi connectivity index (χ1) is 11.4. The average molecular weight is 346 g/mol. The minimum atomic E-state index is -1.49. The molecule has 0 aliphatic carbocycles. The van der Waals surface area contributed by atoms with Crippen molar-refractivity contribution in [1.29, 1.82) is 0 Å². The van der Waals surface area contributed by atoms with Gasteiger partial charge >= 0.3 is 5.97 Å². The maximum Gasteiger partial charge on any atom is 0.360 e. The Labute approximate surface area is 138 Å². The van der Waals surface area contributed by atoms with E-state index in [9.17, 15) is 19.7 Å². The zero-order valence-corrected chi connectivity index (χ0v) is 12.6. The number of hydrogen-bond donors (Lipinski definition) is 2. The van der Waals surface area contributed by atoms with E-state index in [1.165, 1.54) is 6.07 Å². The van der Waals surface area contributed by atoms with E-state index in [4.69, 9.17) is 16.7 Å². The van der Waals surface area contributed by atoms with Crippen LogP contribution in [0.3, 0.4) is 0 Å². The van der Waals surface area contributed by atoms with Crippen molar-refractivity contribution in [2.75, 3.05) is 0 Å². The van der Waals surface area contributed by atoms with E-state index in [2.05, 4.69) is 9.97 Å². The van der Waals surface area contributed by atoms with Gasteiger partial charge in [-0.2, -0.15) is 0 Å². The number of nitrogens with zero attached hydrogens (tertiary/aromatic N) is 2. The SMILES string of the molecule is O=C(O)c1nc2cc(-c3cccc(Cl)c3)c([N+](=O)[O-])cc2[nH]c1=O. The van der Waals surface area contributed by atoms with Crippen molar-refractivity contribution in [2.45, 2.75) is 0 Å². The number of nitrogens with one attached hydrogen (secondary N) is 1. The molecule has 0 aliphatic heterocycles. The van der Waals surface area contributed by atoms with Crippen LogP contribution in [0.1, 0.15) is 10.5 Å². The van der Waals surface area contributed by atoms with E-state index >= 15 is 0 Å². The minimum absolute atomic E-state index is 0.0717. The molecule has 0 fully saturated rings. The molecule has 120 valence electrons. The lowest BCUT2D eigenvalue weighted by Gasteiger charge is -2.06. The first-order valence-electron chi connectivity index (χ1n) is 6.58. The van der Waals surface area contributed by atoms with Gasteiger partial charge in [0, 0.05) is 11.1 Å². The second-order valence-corrected chi connectivity index (χ2v) is 5.31. The molecule has 0 radical (unpaired) electrons. The Kier molecular flexibility index (Phi) is 3.74. The number of benzene rings is 2. The number of rotatable bonds is 3. The lowest BCUT2D eigenvalue weighted by atomic mass is 10.0. The third-order valence-electron chi connectivity index (χ3n) is 3.34. The first-order valence-corrected chi connectivity index (χ1v) is 6.96. The largest absolute Gasteiger partial charge is 0.476 e. The van der Waals surface area contributed by atoms with Gasteiger partial charge in [0.05, 0.1) is 21.5 Å². The summed E-state index contributed by atoms with van der Waals surface area (Å²) in [6.45, 7) is 0. The highest BCUT2D eigenvalue weighted by atomic mass is 35.5. The Balaban J connectivity index is 2.37.